The van der Waals surface area contributed by atoms with Gasteiger partial charge in [-0.05, 0) is 36.2 Å². The van der Waals surface area contributed by atoms with Gasteiger partial charge in [-0.25, -0.2) is 4.39 Å². The molecule has 0 aliphatic heterocycles. The fourth-order valence-electron chi connectivity index (χ4n) is 2.53. The third-order valence-corrected chi connectivity index (χ3v) is 3.76. The van der Waals surface area contributed by atoms with Crippen LogP contribution in [-0.4, -0.2) is 16.7 Å². The minimum Gasteiger partial charge on any atom is -0.396 e. The molecular weight excluding hydrogens is 289 g/mol. The monoisotopic (exact) mass is 301 g/mol. The first-order valence-electron chi connectivity index (χ1n) is 6.64. The van der Waals surface area contributed by atoms with E-state index < -0.39 is 0 Å². The number of nitrogens with zero attached hydrogens (tertiary/aromatic N) is 1. The molecule has 0 aliphatic rings. The highest BCUT2D eigenvalue weighted by atomic mass is 35.5. The molecule has 0 fully saturated rings. The van der Waals surface area contributed by atoms with Crippen molar-refractivity contribution in [2.75, 3.05) is 6.61 Å². The molecule has 1 heterocycles. The summed E-state index contributed by atoms with van der Waals surface area (Å²) in [4.78, 5) is 4.37. The maximum absolute atomic E-state index is 14.2. The van der Waals surface area contributed by atoms with Crippen LogP contribution in [0.3, 0.4) is 0 Å². The lowest BCUT2D eigenvalue weighted by molar-refractivity contribution is 0.300. The summed E-state index contributed by atoms with van der Waals surface area (Å²) < 4.78 is 14.2. The minimum atomic E-state index is -0.314. The van der Waals surface area contributed by atoms with Gasteiger partial charge in [0.25, 0.3) is 0 Å². The van der Waals surface area contributed by atoms with E-state index in [1.807, 2.05) is 6.07 Å². The largest absolute Gasteiger partial charge is 0.396 e. The van der Waals surface area contributed by atoms with Crippen LogP contribution in [0.25, 0.3) is 22.0 Å². The lowest BCUT2D eigenvalue weighted by Crippen LogP contribution is -1.98. The number of fused-ring (bicyclic) bond motifs is 1. The lowest BCUT2D eigenvalue weighted by atomic mass is 9.94. The normalized spacial score (nSPS) is 11.0. The summed E-state index contributed by atoms with van der Waals surface area (Å²) >= 11 is 6.28. The standard InChI is InChI=1S/C17H13ClFNO/c18-14-10-11(7-9-21)16(13-4-1-2-6-15(13)19)17-12(14)5-3-8-20-17/h1-6,8,10,21H,7,9H2. The number of aromatic nitrogens is 1. The second-order valence-corrected chi connectivity index (χ2v) is 5.15. The van der Waals surface area contributed by atoms with E-state index in [9.17, 15) is 9.50 Å². The summed E-state index contributed by atoms with van der Waals surface area (Å²) in [5.74, 6) is -0.314. The van der Waals surface area contributed by atoms with Crippen LogP contribution in [0.5, 0.6) is 0 Å². The summed E-state index contributed by atoms with van der Waals surface area (Å²) in [6, 6.07) is 12.0. The molecule has 4 heteroatoms. The molecule has 0 unspecified atom stereocenters. The molecular formula is C17H13ClFNO. The molecule has 0 atom stereocenters. The van der Waals surface area contributed by atoms with Gasteiger partial charge in [-0.2, -0.15) is 0 Å². The molecule has 0 bridgehead atoms. The SMILES string of the molecule is OCCc1cc(Cl)c2cccnc2c1-c1ccccc1F. The Morgan fingerprint density at radius 2 is 1.95 bits per heavy atom. The highest BCUT2D eigenvalue weighted by Gasteiger charge is 2.16. The molecule has 106 valence electrons. The van der Waals surface area contributed by atoms with Gasteiger partial charge < -0.3 is 5.11 Å². The Morgan fingerprint density at radius 3 is 2.71 bits per heavy atom. The molecule has 0 saturated carbocycles. The van der Waals surface area contributed by atoms with Crippen molar-refractivity contribution in [3.8, 4) is 11.1 Å². The highest BCUT2D eigenvalue weighted by Crippen LogP contribution is 2.36. The Hall–Kier alpha value is -1.97. The number of aliphatic hydroxyl groups is 1. The zero-order valence-corrected chi connectivity index (χ0v) is 11.9. The van der Waals surface area contributed by atoms with Gasteiger partial charge in [-0.3, -0.25) is 4.98 Å². The Labute approximate surface area is 126 Å². The summed E-state index contributed by atoms with van der Waals surface area (Å²) in [6.07, 6.45) is 2.06. The minimum absolute atomic E-state index is 0.0316. The molecule has 0 radical (unpaired) electrons. The molecule has 0 aliphatic carbocycles. The summed E-state index contributed by atoms with van der Waals surface area (Å²) in [5.41, 5.74) is 2.61. The van der Waals surface area contributed by atoms with E-state index in [4.69, 9.17) is 11.6 Å². The molecule has 21 heavy (non-hydrogen) atoms. The van der Waals surface area contributed by atoms with Crippen molar-refractivity contribution in [2.24, 2.45) is 0 Å². The highest BCUT2D eigenvalue weighted by molar-refractivity contribution is 6.36. The number of hydrogen-bond acceptors (Lipinski definition) is 2. The first-order chi connectivity index (χ1) is 10.2. The van der Waals surface area contributed by atoms with Crippen LogP contribution >= 0.6 is 11.6 Å². The van der Waals surface area contributed by atoms with Crippen molar-refractivity contribution < 1.29 is 9.50 Å². The van der Waals surface area contributed by atoms with Crippen molar-refractivity contribution in [2.45, 2.75) is 6.42 Å². The second-order valence-electron chi connectivity index (χ2n) is 4.75. The van der Waals surface area contributed by atoms with Crippen LogP contribution in [0.1, 0.15) is 5.56 Å². The van der Waals surface area contributed by atoms with Gasteiger partial charge in [0.1, 0.15) is 5.82 Å². The predicted octanol–water partition coefficient (Wildman–Crippen LogP) is 4.23. The van der Waals surface area contributed by atoms with E-state index in [2.05, 4.69) is 4.98 Å². The van der Waals surface area contributed by atoms with Crippen molar-refractivity contribution in [1.82, 2.24) is 4.98 Å². The third-order valence-electron chi connectivity index (χ3n) is 3.45. The van der Waals surface area contributed by atoms with E-state index >= 15 is 0 Å². The molecule has 0 amide bonds. The molecule has 2 nitrogen and oxygen atoms in total. The molecule has 2 aromatic carbocycles. The Kier molecular flexibility index (Phi) is 3.86. The van der Waals surface area contributed by atoms with Gasteiger partial charge >= 0.3 is 0 Å². The van der Waals surface area contributed by atoms with E-state index in [1.165, 1.54) is 6.07 Å². The van der Waals surface area contributed by atoms with Gasteiger partial charge in [0.2, 0.25) is 0 Å². The maximum atomic E-state index is 14.2. The van der Waals surface area contributed by atoms with E-state index in [-0.39, 0.29) is 12.4 Å². The van der Waals surface area contributed by atoms with Crippen molar-refractivity contribution in [1.29, 1.82) is 0 Å². The van der Waals surface area contributed by atoms with Crippen molar-refractivity contribution >= 4 is 22.5 Å². The number of rotatable bonds is 3. The molecule has 3 rings (SSSR count). The molecule has 0 spiro atoms. The van der Waals surface area contributed by atoms with Gasteiger partial charge in [-0.1, -0.05) is 29.8 Å². The first-order valence-corrected chi connectivity index (χ1v) is 7.02. The average Bonchev–Trinajstić information content (AvgIpc) is 2.49. The number of hydrogen-bond donors (Lipinski definition) is 1. The molecule has 3 aromatic rings. The second kappa shape index (κ2) is 5.80. The molecule has 1 aromatic heterocycles. The van der Waals surface area contributed by atoms with E-state index in [0.29, 0.717) is 28.1 Å². The number of pyridine rings is 1. The number of aliphatic hydroxyl groups excluding tert-OH is 1. The summed E-state index contributed by atoms with van der Waals surface area (Å²) in [7, 11) is 0. The lowest BCUT2D eigenvalue weighted by Gasteiger charge is -2.14. The fraction of sp³-hybridized carbons (Fsp3) is 0.118. The number of halogens is 2. The van der Waals surface area contributed by atoms with Crippen LogP contribution in [0.15, 0.2) is 48.7 Å². The quantitative estimate of drug-likeness (QED) is 0.785. The topological polar surface area (TPSA) is 33.1 Å². The smallest absolute Gasteiger partial charge is 0.131 e. The van der Waals surface area contributed by atoms with Crippen molar-refractivity contribution in [3.05, 3.63) is 65.1 Å². The first kappa shape index (κ1) is 14.0. The summed E-state index contributed by atoms with van der Waals surface area (Å²) in [6.45, 7) is -0.0316. The third kappa shape index (κ3) is 2.50. The predicted molar refractivity (Wildman–Crippen MR) is 82.9 cm³/mol. The fourth-order valence-corrected chi connectivity index (χ4v) is 2.82. The maximum Gasteiger partial charge on any atom is 0.131 e. The number of benzene rings is 2. The van der Waals surface area contributed by atoms with Gasteiger partial charge in [0.15, 0.2) is 0 Å². The van der Waals surface area contributed by atoms with E-state index in [0.717, 1.165) is 10.9 Å². The Bertz CT molecular complexity index is 804. The molecule has 0 saturated heterocycles. The Morgan fingerprint density at radius 1 is 1.14 bits per heavy atom. The average molecular weight is 302 g/mol. The Balaban J connectivity index is 2.41. The van der Waals surface area contributed by atoms with Crippen LogP contribution in [0.4, 0.5) is 4.39 Å². The van der Waals surface area contributed by atoms with Gasteiger partial charge in [0, 0.05) is 29.3 Å². The van der Waals surface area contributed by atoms with Crippen LogP contribution in [0, 0.1) is 5.82 Å². The van der Waals surface area contributed by atoms with Crippen LogP contribution < -0.4 is 0 Å². The zero-order valence-electron chi connectivity index (χ0n) is 11.2. The van der Waals surface area contributed by atoms with Crippen molar-refractivity contribution in [3.63, 3.8) is 0 Å². The summed E-state index contributed by atoms with van der Waals surface area (Å²) in [5, 5.41) is 10.6. The van der Waals surface area contributed by atoms with E-state index in [1.54, 1.807) is 36.5 Å². The van der Waals surface area contributed by atoms with Crippen LogP contribution in [0.2, 0.25) is 5.02 Å². The van der Waals surface area contributed by atoms with Gasteiger partial charge in [-0.15, -0.1) is 0 Å². The zero-order chi connectivity index (χ0) is 14.8. The molecule has 1 N–H and O–H groups in total. The van der Waals surface area contributed by atoms with Crippen LogP contribution in [-0.2, 0) is 6.42 Å². The van der Waals surface area contributed by atoms with Gasteiger partial charge in [0.05, 0.1) is 10.5 Å².